The lowest BCUT2D eigenvalue weighted by atomic mass is 10.1. The third-order valence-electron chi connectivity index (χ3n) is 3.07. The van der Waals surface area contributed by atoms with E-state index in [4.69, 9.17) is 9.47 Å². The van der Waals surface area contributed by atoms with Crippen LogP contribution in [-0.4, -0.2) is 25.9 Å². The lowest BCUT2D eigenvalue weighted by Crippen LogP contribution is -2.37. The Hall–Kier alpha value is -1.39. The van der Waals surface area contributed by atoms with Crippen molar-refractivity contribution in [3.8, 4) is 0 Å². The lowest BCUT2D eigenvalue weighted by Gasteiger charge is -2.24. The highest BCUT2D eigenvalue weighted by molar-refractivity contribution is 5.94. The Morgan fingerprint density at radius 1 is 1.50 bits per heavy atom. The predicted octanol–water partition coefficient (Wildman–Crippen LogP) is 2.32. The number of nitrogens with zero attached hydrogens (tertiary/aromatic N) is 1. The number of hydrogen-bond acceptors (Lipinski definition) is 3. The lowest BCUT2D eigenvalue weighted by molar-refractivity contribution is -0.130. The Balaban J connectivity index is 2.30. The van der Waals surface area contributed by atoms with Gasteiger partial charge in [0.1, 0.15) is 0 Å². The maximum atomic E-state index is 12.2. The molecule has 1 aliphatic rings. The normalized spacial score (nSPS) is 19.2. The molecule has 0 spiro atoms. The maximum Gasteiger partial charge on any atom is 0.227 e. The molecule has 1 aromatic carbocycles. The maximum absolute atomic E-state index is 12.2. The van der Waals surface area contributed by atoms with Gasteiger partial charge >= 0.3 is 0 Å². The molecule has 98 valence electrons. The van der Waals surface area contributed by atoms with E-state index in [2.05, 4.69) is 0 Å². The van der Waals surface area contributed by atoms with E-state index in [0.717, 1.165) is 17.7 Å². The summed E-state index contributed by atoms with van der Waals surface area (Å²) in [7, 11) is 1.60. The van der Waals surface area contributed by atoms with Gasteiger partial charge in [-0.05, 0) is 12.5 Å². The van der Waals surface area contributed by atoms with E-state index < -0.39 is 0 Å². The van der Waals surface area contributed by atoms with E-state index in [0.29, 0.717) is 19.6 Å². The third-order valence-corrected chi connectivity index (χ3v) is 3.07. The quantitative estimate of drug-likeness (QED) is 0.825. The van der Waals surface area contributed by atoms with Gasteiger partial charge in [-0.15, -0.1) is 0 Å². The van der Waals surface area contributed by atoms with E-state index in [1.807, 2.05) is 31.2 Å². The van der Waals surface area contributed by atoms with Crippen LogP contribution in [0.5, 0.6) is 0 Å². The largest absolute Gasteiger partial charge is 0.354 e. The van der Waals surface area contributed by atoms with Crippen molar-refractivity contribution >= 4 is 11.6 Å². The number of carbonyl (C=O) groups is 1. The average Bonchev–Trinajstić information content (AvgIpc) is 2.58. The van der Waals surface area contributed by atoms with Gasteiger partial charge in [-0.25, -0.2) is 0 Å². The average molecular weight is 249 g/mol. The Kier molecular flexibility index (Phi) is 4.33. The van der Waals surface area contributed by atoms with Crippen LogP contribution in [0.15, 0.2) is 24.3 Å². The van der Waals surface area contributed by atoms with Gasteiger partial charge in [0.05, 0.1) is 13.2 Å². The molecule has 0 saturated heterocycles. The minimum absolute atomic E-state index is 0.123. The Labute approximate surface area is 107 Å². The molecule has 1 amide bonds. The Morgan fingerprint density at radius 2 is 2.28 bits per heavy atom. The van der Waals surface area contributed by atoms with E-state index in [-0.39, 0.29) is 12.2 Å². The molecule has 18 heavy (non-hydrogen) atoms. The van der Waals surface area contributed by atoms with Crippen LogP contribution >= 0.6 is 0 Å². The van der Waals surface area contributed by atoms with Crippen molar-refractivity contribution in [2.75, 3.05) is 18.6 Å². The van der Waals surface area contributed by atoms with Crippen LogP contribution in [0.2, 0.25) is 0 Å². The van der Waals surface area contributed by atoms with Crippen LogP contribution in [-0.2, 0) is 20.9 Å². The number of rotatable bonds is 3. The van der Waals surface area contributed by atoms with Gasteiger partial charge in [-0.2, -0.15) is 0 Å². The molecule has 0 bridgehead atoms. The molecular formula is C14H19NO3. The van der Waals surface area contributed by atoms with Crippen molar-refractivity contribution in [2.24, 2.45) is 0 Å². The minimum atomic E-state index is -0.363. The van der Waals surface area contributed by atoms with Crippen molar-refractivity contribution in [1.82, 2.24) is 0 Å². The fourth-order valence-electron chi connectivity index (χ4n) is 2.11. The molecule has 0 saturated carbocycles. The molecule has 0 unspecified atom stereocenters. The second-order valence-electron chi connectivity index (χ2n) is 4.36. The molecule has 4 nitrogen and oxygen atoms in total. The molecule has 0 aromatic heterocycles. The summed E-state index contributed by atoms with van der Waals surface area (Å²) < 4.78 is 10.9. The fourth-order valence-corrected chi connectivity index (χ4v) is 2.11. The first-order valence-electron chi connectivity index (χ1n) is 6.29. The zero-order valence-electron chi connectivity index (χ0n) is 10.9. The molecule has 1 aliphatic heterocycles. The van der Waals surface area contributed by atoms with Crippen LogP contribution in [0, 0.1) is 0 Å². The van der Waals surface area contributed by atoms with Gasteiger partial charge in [0, 0.05) is 24.8 Å². The van der Waals surface area contributed by atoms with Gasteiger partial charge in [0.25, 0.3) is 0 Å². The Bertz CT molecular complexity index is 419. The zero-order chi connectivity index (χ0) is 13.0. The monoisotopic (exact) mass is 249 g/mol. The van der Waals surface area contributed by atoms with Crippen LogP contribution < -0.4 is 4.90 Å². The fraction of sp³-hybridized carbons (Fsp3) is 0.500. The summed E-state index contributed by atoms with van der Waals surface area (Å²) in [5.41, 5.74) is 1.97. The van der Waals surface area contributed by atoms with Crippen LogP contribution in [0.1, 0.15) is 25.3 Å². The number of methoxy groups -OCH3 is 1. The summed E-state index contributed by atoms with van der Waals surface area (Å²) in [5.74, 6) is 0.123. The molecule has 0 radical (unpaired) electrons. The van der Waals surface area contributed by atoms with Crippen molar-refractivity contribution in [3.63, 3.8) is 0 Å². The number of anilines is 1. The molecular weight excluding hydrogens is 230 g/mol. The van der Waals surface area contributed by atoms with Gasteiger partial charge in [0.2, 0.25) is 5.91 Å². The smallest absolute Gasteiger partial charge is 0.227 e. The number of ether oxygens (including phenoxy) is 2. The van der Waals surface area contributed by atoms with Crippen molar-refractivity contribution < 1.29 is 14.3 Å². The van der Waals surface area contributed by atoms with Gasteiger partial charge in [0.15, 0.2) is 6.29 Å². The number of para-hydroxylation sites is 1. The summed E-state index contributed by atoms with van der Waals surface area (Å²) in [6.07, 6.45) is 1.03. The standard InChI is InChI=1S/C14H19NO3/c1-3-6-13(16)15-9-14(17-2)18-10-11-7-4-5-8-12(11)15/h4-5,7-8,14H,3,6,9-10H2,1-2H3/t14-/m1/s1. The number of amides is 1. The molecule has 0 aliphatic carbocycles. The highest BCUT2D eigenvalue weighted by Crippen LogP contribution is 2.26. The number of hydrogen-bond donors (Lipinski definition) is 0. The van der Waals surface area contributed by atoms with Crippen LogP contribution in [0.25, 0.3) is 0 Å². The molecule has 4 heteroatoms. The highest BCUT2D eigenvalue weighted by atomic mass is 16.7. The topological polar surface area (TPSA) is 38.8 Å². The van der Waals surface area contributed by atoms with Crippen molar-refractivity contribution in [2.45, 2.75) is 32.7 Å². The second-order valence-corrected chi connectivity index (χ2v) is 4.36. The summed E-state index contributed by atoms with van der Waals surface area (Å²) in [6.45, 7) is 2.93. The van der Waals surface area contributed by atoms with Crippen molar-refractivity contribution in [1.29, 1.82) is 0 Å². The molecule has 0 N–H and O–H groups in total. The van der Waals surface area contributed by atoms with Crippen molar-refractivity contribution in [3.05, 3.63) is 29.8 Å². The van der Waals surface area contributed by atoms with Crippen LogP contribution in [0.3, 0.4) is 0 Å². The second kappa shape index (κ2) is 5.98. The predicted molar refractivity (Wildman–Crippen MR) is 69.3 cm³/mol. The molecule has 1 aromatic rings. The van der Waals surface area contributed by atoms with E-state index >= 15 is 0 Å². The van der Waals surface area contributed by atoms with E-state index in [1.54, 1.807) is 12.0 Å². The minimum Gasteiger partial charge on any atom is -0.354 e. The first kappa shape index (κ1) is 13.1. The van der Waals surface area contributed by atoms with Gasteiger partial charge in [-0.3, -0.25) is 4.79 Å². The first-order chi connectivity index (χ1) is 8.76. The number of carbonyl (C=O) groups excluding carboxylic acids is 1. The van der Waals surface area contributed by atoms with Gasteiger partial charge < -0.3 is 14.4 Å². The first-order valence-corrected chi connectivity index (χ1v) is 6.29. The number of benzene rings is 1. The van der Waals surface area contributed by atoms with Gasteiger partial charge in [-0.1, -0.05) is 25.1 Å². The van der Waals surface area contributed by atoms with E-state index in [9.17, 15) is 4.79 Å². The summed E-state index contributed by atoms with van der Waals surface area (Å²) >= 11 is 0. The molecule has 2 rings (SSSR count). The number of fused-ring (bicyclic) bond motifs is 1. The molecule has 1 atom stereocenters. The highest BCUT2D eigenvalue weighted by Gasteiger charge is 2.25. The van der Waals surface area contributed by atoms with Crippen LogP contribution in [0.4, 0.5) is 5.69 Å². The summed E-state index contributed by atoms with van der Waals surface area (Å²) in [4.78, 5) is 14.0. The summed E-state index contributed by atoms with van der Waals surface area (Å²) in [5, 5.41) is 0. The Morgan fingerprint density at radius 3 is 3.00 bits per heavy atom. The zero-order valence-corrected chi connectivity index (χ0v) is 10.9. The third kappa shape index (κ3) is 2.71. The molecule has 0 fully saturated rings. The summed E-state index contributed by atoms with van der Waals surface area (Å²) in [6, 6.07) is 7.85. The SMILES string of the molecule is CCCC(=O)N1C[C@H](OC)OCc2ccccc21. The van der Waals surface area contributed by atoms with E-state index in [1.165, 1.54) is 0 Å². The molecule has 1 heterocycles.